The van der Waals surface area contributed by atoms with Crippen LogP contribution in [0.25, 0.3) is 10.9 Å². The Kier molecular flexibility index (Phi) is 6.68. The van der Waals surface area contributed by atoms with E-state index in [0.717, 1.165) is 42.9 Å². The molecule has 1 aromatic heterocycles. The minimum absolute atomic E-state index is 0.0197. The zero-order valence-corrected chi connectivity index (χ0v) is 24.4. The summed E-state index contributed by atoms with van der Waals surface area (Å²) in [6.07, 6.45) is 3.70. The molecule has 3 aromatic rings. The number of carbonyl (C=O) groups is 2. The maximum Gasteiger partial charge on any atom is 0.250 e. The molecule has 2 heterocycles. The van der Waals surface area contributed by atoms with Crippen LogP contribution in [0, 0.1) is 18.3 Å². The van der Waals surface area contributed by atoms with Crippen LogP contribution in [-0.4, -0.2) is 65.4 Å². The Hall–Kier alpha value is -3.32. The van der Waals surface area contributed by atoms with Gasteiger partial charge in [-0.2, -0.15) is 0 Å². The van der Waals surface area contributed by atoms with Crippen LogP contribution >= 0.6 is 0 Å². The van der Waals surface area contributed by atoms with Crippen LogP contribution in [0.4, 0.5) is 5.69 Å². The van der Waals surface area contributed by atoms with Gasteiger partial charge in [-0.1, -0.05) is 32.0 Å². The molecule has 40 heavy (non-hydrogen) atoms. The van der Waals surface area contributed by atoms with E-state index in [1.807, 2.05) is 29.2 Å². The highest BCUT2D eigenvalue weighted by Crippen LogP contribution is 2.67. The fourth-order valence-electron chi connectivity index (χ4n) is 7.30. The van der Waals surface area contributed by atoms with E-state index < -0.39 is 5.54 Å². The molecule has 0 radical (unpaired) electrons. The van der Waals surface area contributed by atoms with Crippen LogP contribution in [0.15, 0.2) is 48.5 Å². The first kappa shape index (κ1) is 26.9. The van der Waals surface area contributed by atoms with Gasteiger partial charge in [0.25, 0.3) is 0 Å². The van der Waals surface area contributed by atoms with Crippen molar-refractivity contribution in [2.75, 3.05) is 32.6 Å². The molecular formula is C33H42N4O3. The molecule has 212 valence electrons. The first-order valence-electron chi connectivity index (χ1n) is 14.7. The number of aromatic nitrogens is 1. The number of fused-ring (bicyclic) bond motifs is 1. The van der Waals surface area contributed by atoms with E-state index in [4.69, 9.17) is 4.74 Å². The van der Waals surface area contributed by atoms with Gasteiger partial charge in [-0.25, -0.2) is 0 Å². The lowest BCUT2D eigenvalue weighted by atomic mass is 9.83. The van der Waals surface area contributed by atoms with Crippen LogP contribution < -0.4 is 10.1 Å². The van der Waals surface area contributed by atoms with Crippen molar-refractivity contribution in [3.63, 3.8) is 0 Å². The van der Waals surface area contributed by atoms with E-state index in [2.05, 4.69) is 67.3 Å². The predicted octanol–water partition coefficient (Wildman–Crippen LogP) is 5.71. The molecule has 1 aliphatic heterocycles. The Morgan fingerprint density at radius 1 is 1.07 bits per heavy atom. The summed E-state index contributed by atoms with van der Waals surface area (Å²) in [5, 5.41) is 4.43. The van der Waals surface area contributed by atoms with Crippen molar-refractivity contribution >= 4 is 28.4 Å². The van der Waals surface area contributed by atoms with Crippen molar-refractivity contribution < 1.29 is 14.3 Å². The number of para-hydroxylation sites is 1. The molecule has 3 fully saturated rings. The molecule has 2 saturated carbocycles. The summed E-state index contributed by atoms with van der Waals surface area (Å²) in [4.78, 5) is 36.4. The van der Waals surface area contributed by atoms with Crippen LogP contribution in [0.1, 0.15) is 63.1 Å². The first-order chi connectivity index (χ1) is 19.2. The van der Waals surface area contributed by atoms with Crippen molar-refractivity contribution in [3.05, 3.63) is 59.8 Å². The van der Waals surface area contributed by atoms with Gasteiger partial charge in [0.05, 0.1) is 7.11 Å². The highest BCUT2D eigenvalue weighted by Gasteiger charge is 2.61. The number of hydrogen-bond donors (Lipinski definition) is 2. The second-order valence-electron chi connectivity index (χ2n) is 12.8. The van der Waals surface area contributed by atoms with Crippen molar-refractivity contribution in [1.29, 1.82) is 0 Å². The number of likely N-dealkylation sites (tertiary alicyclic amines) is 1. The average Bonchev–Trinajstić information content (AvgIpc) is 3.82. The standard InChI is InChI=1S/C33H42N4O3/c1-21-29(25-8-6-7-9-27(25)34-21)30-26(32(30,2)3)20-28(38)37(23-12-13-23)33(16-18-36(4)19-17-33)31(39)35-22-10-14-24(40-5)15-11-22/h6-11,14-15,23,26,30,34H,12-13,16-20H2,1-5H3,(H,35,39)/t26-,30+/m1/s1. The second kappa shape index (κ2) is 9.95. The largest absolute Gasteiger partial charge is 0.497 e. The third-order valence-corrected chi connectivity index (χ3v) is 9.93. The second-order valence-corrected chi connectivity index (χ2v) is 12.8. The van der Waals surface area contributed by atoms with Gasteiger partial charge in [0.15, 0.2) is 0 Å². The van der Waals surface area contributed by atoms with Gasteiger partial charge < -0.3 is 24.8 Å². The zero-order valence-electron chi connectivity index (χ0n) is 24.4. The highest BCUT2D eigenvalue weighted by molar-refractivity contribution is 6.01. The third-order valence-electron chi connectivity index (χ3n) is 9.93. The number of hydrogen-bond acceptors (Lipinski definition) is 4. The smallest absolute Gasteiger partial charge is 0.250 e. The van der Waals surface area contributed by atoms with Crippen LogP contribution in [0.2, 0.25) is 0 Å². The molecule has 2 atom stereocenters. The van der Waals surface area contributed by atoms with Gasteiger partial charge in [0.1, 0.15) is 11.3 Å². The first-order valence-corrected chi connectivity index (χ1v) is 14.7. The maximum absolute atomic E-state index is 14.4. The Labute approximate surface area is 237 Å². The number of carbonyl (C=O) groups excluding carboxylic acids is 2. The van der Waals surface area contributed by atoms with E-state index in [9.17, 15) is 9.59 Å². The lowest BCUT2D eigenvalue weighted by molar-refractivity contribution is -0.150. The molecular weight excluding hydrogens is 500 g/mol. The minimum Gasteiger partial charge on any atom is -0.497 e. The molecule has 3 aliphatic rings. The Bertz CT molecular complexity index is 1410. The number of H-pyrrole nitrogens is 1. The van der Waals surface area contributed by atoms with Crippen LogP contribution in [-0.2, 0) is 9.59 Å². The molecule has 0 bridgehead atoms. The summed E-state index contributed by atoms with van der Waals surface area (Å²) < 4.78 is 5.28. The molecule has 1 saturated heterocycles. The number of nitrogens with one attached hydrogen (secondary N) is 2. The molecule has 0 unspecified atom stereocenters. The summed E-state index contributed by atoms with van der Waals surface area (Å²) in [7, 11) is 3.72. The van der Waals surface area contributed by atoms with E-state index in [1.165, 1.54) is 16.6 Å². The average molecular weight is 543 g/mol. The van der Waals surface area contributed by atoms with Crippen LogP contribution in [0.3, 0.4) is 0 Å². The lowest BCUT2D eigenvalue weighted by Crippen LogP contribution is -2.64. The number of ether oxygens (including phenoxy) is 1. The zero-order chi connectivity index (χ0) is 28.2. The predicted molar refractivity (Wildman–Crippen MR) is 159 cm³/mol. The molecule has 2 aliphatic carbocycles. The van der Waals surface area contributed by atoms with Gasteiger partial charge in [-0.3, -0.25) is 9.59 Å². The van der Waals surface area contributed by atoms with E-state index in [-0.39, 0.29) is 29.2 Å². The fourth-order valence-corrected chi connectivity index (χ4v) is 7.30. The summed E-state index contributed by atoms with van der Waals surface area (Å²) in [5.41, 5.74) is 3.61. The quantitative estimate of drug-likeness (QED) is 0.382. The van der Waals surface area contributed by atoms with Gasteiger partial charge in [-0.05, 0) is 92.8 Å². The van der Waals surface area contributed by atoms with E-state index in [0.29, 0.717) is 25.2 Å². The SMILES string of the molecule is COc1ccc(NC(=O)C2(N(C(=O)C[C@@H]3[C@@H](c4c(C)[nH]c5ccccc45)C3(C)C)C3CC3)CCN(C)CC2)cc1. The maximum atomic E-state index is 14.4. The minimum atomic E-state index is -0.837. The topological polar surface area (TPSA) is 77.7 Å². The lowest BCUT2D eigenvalue weighted by Gasteiger charge is -2.47. The normalized spacial score (nSPS) is 23.5. The van der Waals surface area contributed by atoms with Crippen molar-refractivity contribution in [1.82, 2.24) is 14.8 Å². The van der Waals surface area contributed by atoms with Gasteiger partial charge in [-0.15, -0.1) is 0 Å². The number of amides is 2. The number of benzene rings is 2. The Morgan fingerprint density at radius 3 is 2.40 bits per heavy atom. The number of anilines is 1. The summed E-state index contributed by atoms with van der Waals surface area (Å²) in [6, 6.07) is 16.0. The summed E-state index contributed by atoms with van der Waals surface area (Å²) in [6.45, 7) is 8.31. The van der Waals surface area contributed by atoms with Gasteiger partial charge in [0, 0.05) is 47.8 Å². The monoisotopic (exact) mass is 542 g/mol. The summed E-state index contributed by atoms with van der Waals surface area (Å²) in [5.74, 6) is 1.37. The highest BCUT2D eigenvalue weighted by atomic mass is 16.5. The van der Waals surface area contributed by atoms with Crippen molar-refractivity contribution in [3.8, 4) is 5.75 Å². The Balaban J connectivity index is 1.27. The molecule has 2 aromatic carbocycles. The number of piperidine rings is 1. The number of methoxy groups -OCH3 is 1. The molecule has 2 amide bonds. The molecule has 7 nitrogen and oxygen atoms in total. The van der Waals surface area contributed by atoms with Crippen LogP contribution in [0.5, 0.6) is 5.75 Å². The van der Waals surface area contributed by atoms with E-state index >= 15 is 0 Å². The molecule has 7 heteroatoms. The number of nitrogens with zero attached hydrogens (tertiary/aromatic N) is 2. The number of rotatable bonds is 8. The number of aryl methyl sites for hydroxylation is 1. The number of aromatic amines is 1. The molecule has 2 N–H and O–H groups in total. The summed E-state index contributed by atoms with van der Waals surface area (Å²) >= 11 is 0. The van der Waals surface area contributed by atoms with E-state index in [1.54, 1.807) is 7.11 Å². The molecule has 6 rings (SSSR count). The third kappa shape index (κ3) is 4.58. The van der Waals surface area contributed by atoms with Crippen molar-refractivity contribution in [2.45, 2.75) is 70.4 Å². The van der Waals surface area contributed by atoms with Gasteiger partial charge >= 0.3 is 0 Å². The van der Waals surface area contributed by atoms with Crippen molar-refractivity contribution in [2.24, 2.45) is 11.3 Å². The molecule has 0 spiro atoms. The Morgan fingerprint density at radius 2 is 1.75 bits per heavy atom. The van der Waals surface area contributed by atoms with Gasteiger partial charge in [0.2, 0.25) is 11.8 Å². The fraction of sp³-hybridized carbons (Fsp3) is 0.515.